The van der Waals surface area contributed by atoms with E-state index in [4.69, 9.17) is 16.1 Å². The van der Waals surface area contributed by atoms with Gasteiger partial charge in [0, 0.05) is 54.2 Å². The van der Waals surface area contributed by atoms with Gasteiger partial charge in [-0.05, 0) is 56.3 Å². The van der Waals surface area contributed by atoms with Crippen LogP contribution in [0, 0.1) is 13.8 Å². The molecule has 0 unspecified atom stereocenters. The maximum Gasteiger partial charge on any atom is 0.259 e. The molecule has 9 nitrogen and oxygen atoms in total. The number of aryl methyl sites for hydroxylation is 2. The van der Waals surface area contributed by atoms with E-state index in [1.54, 1.807) is 42.0 Å². The Bertz CT molecular complexity index is 1410. The molecule has 0 aliphatic carbocycles. The first-order chi connectivity index (χ1) is 17.9. The Morgan fingerprint density at radius 3 is 2.16 bits per heavy atom. The minimum Gasteiger partial charge on any atom is -0.361 e. The standard InChI is InChI=1S/C27H25ClN6O3/c1-17-24(18(2)37-32-17)26(36)34-15-13-33(14-16-34)25(35)20-5-9-22(10-6-20)30-27-29-12-11-23(31-27)19-3-7-21(28)8-4-19/h3-12H,13-16H2,1-2H3,(H,29,30,31). The van der Waals surface area contributed by atoms with Gasteiger partial charge in [-0.15, -0.1) is 0 Å². The molecule has 4 aromatic rings. The van der Waals surface area contributed by atoms with Crippen LogP contribution in [0.4, 0.5) is 11.6 Å². The Balaban J connectivity index is 1.19. The third-order valence-electron chi connectivity index (χ3n) is 6.28. The van der Waals surface area contributed by atoms with Gasteiger partial charge in [-0.25, -0.2) is 9.97 Å². The second-order valence-corrected chi connectivity index (χ2v) is 9.19. The zero-order chi connectivity index (χ0) is 25.9. The van der Waals surface area contributed by atoms with Crippen molar-refractivity contribution in [2.75, 3.05) is 31.5 Å². The maximum absolute atomic E-state index is 13.1. The van der Waals surface area contributed by atoms with Crippen LogP contribution in [0.1, 0.15) is 32.2 Å². The summed E-state index contributed by atoms with van der Waals surface area (Å²) in [7, 11) is 0. The van der Waals surface area contributed by atoms with Crippen molar-refractivity contribution < 1.29 is 14.1 Å². The van der Waals surface area contributed by atoms with Crippen molar-refractivity contribution in [2.24, 2.45) is 0 Å². The monoisotopic (exact) mass is 516 g/mol. The summed E-state index contributed by atoms with van der Waals surface area (Å²) < 4.78 is 5.12. The molecule has 37 heavy (non-hydrogen) atoms. The van der Waals surface area contributed by atoms with Gasteiger partial charge in [0.25, 0.3) is 11.8 Å². The number of halogens is 1. The highest BCUT2D eigenvalue weighted by molar-refractivity contribution is 6.30. The first kappa shape index (κ1) is 24.5. The molecular weight excluding hydrogens is 492 g/mol. The van der Waals surface area contributed by atoms with Crippen LogP contribution >= 0.6 is 11.6 Å². The molecule has 188 valence electrons. The third kappa shape index (κ3) is 5.31. The van der Waals surface area contributed by atoms with Crippen LogP contribution in [0.15, 0.2) is 65.3 Å². The summed E-state index contributed by atoms with van der Waals surface area (Å²) in [5, 5.41) is 7.71. The van der Waals surface area contributed by atoms with Gasteiger partial charge in [0.1, 0.15) is 11.3 Å². The smallest absolute Gasteiger partial charge is 0.259 e. The molecule has 0 atom stereocenters. The lowest BCUT2D eigenvalue weighted by molar-refractivity contribution is 0.0534. The fraction of sp³-hybridized carbons (Fsp3) is 0.222. The first-order valence-electron chi connectivity index (χ1n) is 11.9. The molecule has 1 aliphatic rings. The molecule has 3 heterocycles. The number of anilines is 2. The average molecular weight is 517 g/mol. The number of carbonyl (C=O) groups excluding carboxylic acids is 2. The van der Waals surface area contributed by atoms with Crippen LogP contribution < -0.4 is 5.32 Å². The van der Waals surface area contributed by atoms with Crippen LogP contribution in [0.3, 0.4) is 0 Å². The molecule has 2 amide bonds. The number of benzene rings is 2. The number of nitrogens with zero attached hydrogens (tertiary/aromatic N) is 5. The number of hydrogen-bond acceptors (Lipinski definition) is 7. The summed E-state index contributed by atoms with van der Waals surface area (Å²) in [6.45, 7) is 5.31. The first-order valence-corrected chi connectivity index (χ1v) is 12.2. The summed E-state index contributed by atoms with van der Waals surface area (Å²) in [5.74, 6) is 0.778. The molecule has 1 fully saturated rings. The van der Waals surface area contributed by atoms with Crippen LogP contribution in [-0.4, -0.2) is 62.9 Å². The molecule has 5 rings (SSSR count). The zero-order valence-electron chi connectivity index (χ0n) is 20.4. The molecule has 1 aliphatic heterocycles. The Kier molecular flexibility index (Phi) is 6.87. The fourth-order valence-electron chi connectivity index (χ4n) is 4.27. The van der Waals surface area contributed by atoms with E-state index in [1.165, 1.54) is 0 Å². The zero-order valence-corrected chi connectivity index (χ0v) is 21.2. The Morgan fingerprint density at radius 2 is 1.54 bits per heavy atom. The van der Waals surface area contributed by atoms with Gasteiger partial charge in [0.15, 0.2) is 0 Å². The van der Waals surface area contributed by atoms with Gasteiger partial charge in [0.2, 0.25) is 5.95 Å². The maximum atomic E-state index is 13.1. The van der Waals surface area contributed by atoms with Crippen molar-refractivity contribution in [1.82, 2.24) is 24.9 Å². The van der Waals surface area contributed by atoms with Gasteiger partial charge in [-0.1, -0.05) is 28.9 Å². The van der Waals surface area contributed by atoms with Crippen molar-refractivity contribution in [3.63, 3.8) is 0 Å². The average Bonchev–Trinajstić information content (AvgIpc) is 3.26. The highest BCUT2D eigenvalue weighted by Crippen LogP contribution is 2.22. The number of hydrogen-bond donors (Lipinski definition) is 1. The number of rotatable bonds is 5. The Labute approximate surface area is 219 Å². The Morgan fingerprint density at radius 1 is 0.892 bits per heavy atom. The molecule has 2 aromatic heterocycles. The predicted octanol–water partition coefficient (Wildman–Crippen LogP) is 4.74. The third-order valence-corrected chi connectivity index (χ3v) is 6.54. The van der Waals surface area contributed by atoms with Crippen LogP contribution in [-0.2, 0) is 0 Å². The van der Waals surface area contributed by atoms with E-state index in [-0.39, 0.29) is 11.8 Å². The van der Waals surface area contributed by atoms with Crippen LogP contribution in [0.2, 0.25) is 5.02 Å². The summed E-state index contributed by atoms with van der Waals surface area (Å²) in [6.07, 6.45) is 1.69. The highest BCUT2D eigenvalue weighted by atomic mass is 35.5. The molecule has 1 N–H and O–H groups in total. The van der Waals surface area contributed by atoms with Gasteiger partial charge in [0.05, 0.1) is 11.4 Å². The molecule has 0 saturated carbocycles. The van der Waals surface area contributed by atoms with Gasteiger partial charge in [-0.2, -0.15) is 0 Å². The van der Waals surface area contributed by atoms with E-state index in [2.05, 4.69) is 20.4 Å². The van der Waals surface area contributed by atoms with Crippen LogP contribution in [0.5, 0.6) is 0 Å². The number of amides is 2. The van der Waals surface area contributed by atoms with Gasteiger partial charge in [-0.3, -0.25) is 9.59 Å². The predicted molar refractivity (Wildman–Crippen MR) is 140 cm³/mol. The number of carbonyl (C=O) groups is 2. The second kappa shape index (κ2) is 10.4. The van der Waals surface area contributed by atoms with E-state index in [0.717, 1.165) is 16.9 Å². The van der Waals surface area contributed by atoms with E-state index in [0.29, 0.717) is 59.7 Å². The van der Waals surface area contributed by atoms with E-state index >= 15 is 0 Å². The lowest BCUT2D eigenvalue weighted by Gasteiger charge is -2.34. The van der Waals surface area contributed by atoms with Crippen molar-refractivity contribution in [1.29, 1.82) is 0 Å². The molecule has 0 radical (unpaired) electrons. The molecule has 10 heteroatoms. The molecule has 2 aromatic carbocycles. The fourth-order valence-corrected chi connectivity index (χ4v) is 4.39. The quantitative estimate of drug-likeness (QED) is 0.408. The Hall–Kier alpha value is -4.24. The minimum absolute atomic E-state index is 0.0722. The van der Waals surface area contributed by atoms with Crippen molar-refractivity contribution in [2.45, 2.75) is 13.8 Å². The molecular formula is C27H25ClN6O3. The second-order valence-electron chi connectivity index (χ2n) is 8.76. The van der Waals surface area contributed by atoms with Gasteiger partial charge >= 0.3 is 0 Å². The number of piperazine rings is 1. The summed E-state index contributed by atoms with van der Waals surface area (Å²) in [4.78, 5) is 38.3. The summed E-state index contributed by atoms with van der Waals surface area (Å²) in [5.41, 5.74) is 4.13. The largest absolute Gasteiger partial charge is 0.361 e. The number of aromatic nitrogens is 3. The van der Waals surface area contributed by atoms with Crippen LogP contribution in [0.25, 0.3) is 11.3 Å². The lowest BCUT2D eigenvalue weighted by Crippen LogP contribution is -2.50. The molecule has 1 saturated heterocycles. The van der Waals surface area contributed by atoms with E-state index in [1.807, 2.05) is 42.5 Å². The van der Waals surface area contributed by atoms with Crippen molar-refractivity contribution in [3.8, 4) is 11.3 Å². The minimum atomic E-state index is -0.110. The highest BCUT2D eigenvalue weighted by Gasteiger charge is 2.28. The van der Waals surface area contributed by atoms with E-state index in [9.17, 15) is 9.59 Å². The van der Waals surface area contributed by atoms with Gasteiger partial charge < -0.3 is 19.6 Å². The normalized spacial score (nSPS) is 13.5. The summed E-state index contributed by atoms with van der Waals surface area (Å²) >= 11 is 5.98. The van der Waals surface area contributed by atoms with E-state index < -0.39 is 0 Å². The lowest BCUT2D eigenvalue weighted by atomic mass is 10.1. The van der Waals surface area contributed by atoms with Crippen molar-refractivity contribution in [3.05, 3.63) is 88.4 Å². The topological polar surface area (TPSA) is 104 Å². The van der Waals surface area contributed by atoms with Crippen molar-refractivity contribution >= 4 is 35.1 Å². The SMILES string of the molecule is Cc1noc(C)c1C(=O)N1CCN(C(=O)c2ccc(Nc3nccc(-c4ccc(Cl)cc4)n3)cc2)CC1. The number of nitrogens with one attached hydrogen (secondary N) is 1. The molecule has 0 bridgehead atoms. The summed E-state index contributed by atoms with van der Waals surface area (Å²) in [6, 6.07) is 16.5. The molecule has 0 spiro atoms.